The highest BCUT2D eigenvalue weighted by molar-refractivity contribution is 9.11. The van der Waals surface area contributed by atoms with Crippen LogP contribution in [-0.4, -0.2) is 5.11 Å². The average molecular weight is 336 g/mol. The molecule has 0 saturated heterocycles. The molecule has 1 N–H and O–H groups in total. The number of rotatable bonds is 3. The fourth-order valence-corrected chi connectivity index (χ4v) is 2.95. The zero-order valence-corrected chi connectivity index (χ0v) is 11.8. The van der Waals surface area contributed by atoms with Crippen molar-refractivity contribution >= 4 is 38.9 Å². The van der Waals surface area contributed by atoms with Gasteiger partial charge < -0.3 is 5.11 Å². The highest BCUT2D eigenvalue weighted by atomic mass is 79.9. The Balaban J connectivity index is 2.18. The molecule has 1 heterocycles. The van der Waals surface area contributed by atoms with Gasteiger partial charge in [-0.05, 0) is 44.6 Å². The van der Waals surface area contributed by atoms with Gasteiger partial charge in [0, 0.05) is 6.42 Å². The molecule has 90 valence electrons. The monoisotopic (exact) mass is 334 g/mol. The van der Waals surface area contributed by atoms with Crippen LogP contribution in [0.25, 0.3) is 0 Å². The van der Waals surface area contributed by atoms with Gasteiger partial charge in [-0.15, -0.1) is 11.3 Å². The second-order valence-electron chi connectivity index (χ2n) is 3.62. The summed E-state index contributed by atoms with van der Waals surface area (Å²) in [5, 5.41) is 11.9. The van der Waals surface area contributed by atoms with E-state index in [-0.39, 0.29) is 11.4 Å². The van der Waals surface area contributed by atoms with Crippen LogP contribution >= 0.6 is 38.9 Å². The van der Waals surface area contributed by atoms with Gasteiger partial charge in [-0.2, -0.15) is 0 Å². The van der Waals surface area contributed by atoms with Gasteiger partial charge >= 0.3 is 0 Å². The lowest BCUT2D eigenvalue weighted by molar-refractivity contribution is 0.177. The molecule has 0 aliphatic carbocycles. The van der Waals surface area contributed by atoms with Crippen LogP contribution in [0.5, 0.6) is 0 Å². The Kier molecular flexibility index (Phi) is 4.20. The third-order valence-electron chi connectivity index (χ3n) is 2.42. The summed E-state index contributed by atoms with van der Waals surface area (Å²) < 4.78 is 14.6. The van der Waals surface area contributed by atoms with E-state index in [4.69, 9.17) is 11.6 Å². The number of hydrogen-bond donors (Lipinski definition) is 1. The maximum atomic E-state index is 13.6. The fraction of sp³-hybridized carbons (Fsp3) is 0.167. The molecule has 2 aromatic rings. The molecule has 0 fully saturated rings. The number of aliphatic hydroxyl groups excluding tert-OH is 1. The van der Waals surface area contributed by atoms with E-state index < -0.39 is 11.9 Å². The largest absolute Gasteiger partial charge is 0.388 e. The van der Waals surface area contributed by atoms with Crippen molar-refractivity contribution < 1.29 is 9.50 Å². The quantitative estimate of drug-likeness (QED) is 0.870. The van der Waals surface area contributed by atoms with Gasteiger partial charge in [0.1, 0.15) is 5.82 Å². The molecule has 0 spiro atoms. The standard InChI is InChI=1S/C12H9BrClFOS/c13-11-5-8(6-17-11)10(16)4-7-2-1-3-9(14)12(7)15/h1-3,5-6,10,16H,4H2. The maximum Gasteiger partial charge on any atom is 0.145 e. The van der Waals surface area contributed by atoms with Crippen molar-refractivity contribution in [3.05, 3.63) is 55.4 Å². The molecule has 1 unspecified atom stereocenters. The van der Waals surface area contributed by atoms with Gasteiger partial charge in [0.25, 0.3) is 0 Å². The molecular weight excluding hydrogens is 327 g/mol. The molecule has 1 atom stereocenters. The predicted molar refractivity (Wildman–Crippen MR) is 72.1 cm³/mol. The first-order chi connectivity index (χ1) is 8.08. The Labute approximate surface area is 116 Å². The van der Waals surface area contributed by atoms with Crippen molar-refractivity contribution in [1.29, 1.82) is 0 Å². The van der Waals surface area contributed by atoms with E-state index in [1.165, 1.54) is 17.4 Å². The van der Waals surface area contributed by atoms with Crippen LogP contribution in [0.15, 0.2) is 33.4 Å². The smallest absolute Gasteiger partial charge is 0.145 e. The Morgan fingerprint density at radius 1 is 1.47 bits per heavy atom. The summed E-state index contributed by atoms with van der Waals surface area (Å²) in [4.78, 5) is 0. The molecule has 0 aliphatic rings. The number of hydrogen-bond acceptors (Lipinski definition) is 2. The van der Waals surface area contributed by atoms with Crippen molar-refractivity contribution in [3.63, 3.8) is 0 Å². The summed E-state index contributed by atoms with van der Waals surface area (Å²) in [5.41, 5.74) is 1.20. The Bertz CT molecular complexity index is 529. The minimum Gasteiger partial charge on any atom is -0.388 e. The normalized spacial score (nSPS) is 12.7. The van der Waals surface area contributed by atoms with Gasteiger partial charge in [-0.25, -0.2) is 4.39 Å². The van der Waals surface area contributed by atoms with E-state index in [0.717, 1.165) is 9.35 Å². The number of aliphatic hydroxyl groups is 1. The second kappa shape index (κ2) is 5.48. The lowest BCUT2D eigenvalue weighted by atomic mass is 10.0. The summed E-state index contributed by atoms with van der Waals surface area (Å²) in [7, 11) is 0. The zero-order chi connectivity index (χ0) is 12.4. The highest BCUT2D eigenvalue weighted by Gasteiger charge is 2.14. The Morgan fingerprint density at radius 3 is 2.88 bits per heavy atom. The Hall–Kier alpha value is -0.420. The van der Waals surface area contributed by atoms with Gasteiger partial charge in [0.2, 0.25) is 0 Å². The van der Waals surface area contributed by atoms with Gasteiger partial charge in [0.15, 0.2) is 0 Å². The molecule has 5 heteroatoms. The molecular formula is C12H9BrClFOS. The molecule has 17 heavy (non-hydrogen) atoms. The fourth-order valence-electron chi connectivity index (χ4n) is 1.53. The third-order valence-corrected chi connectivity index (χ3v) is 4.23. The number of benzene rings is 1. The van der Waals surface area contributed by atoms with Crippen molar-refractivity contribution in [1.82, 2.24) is 0 Å². The summed E-state index contributed by atoms with van der Waals surface area (Å²) in [6.45, 7) is 0. The first kappa shape index (κ1) is 13.0. The SMILES string of the molecule is OC(Cc1cccc(Cl)c1F)c1csc(Br)c1. The third kappa shape index (κ3) is 3.07. The molecule has 1 aromatic heterocycles. The van der Waals surface area contributed by atoms with Crippen molar-refractivity contribution in [2.75, 3.05) is 0 Å². The summed E-state index contributed by atoms with van der Waals surface area (Å²) in [6, 6.07) is 6.63. The minimum absolute atomic E-state index is 0.0844. The molecule has 0 aliphatic heterocycles. The first-order valence-corrected chi connectivity index (χ1v) is 6.98. The molecule has 0 saturated carbocycles. The summed E-state index contributed by atoms with van der Waals surface area (Å²) >= 11 is 10.5. The molecule has 1 nitrogen and oxygen atoms in total. The molecule has 0 radical (unpaired) electrons. The first-order valence-electron chi connectivity index (χ1n) is 4.93. The zero-order valence-electron chi connectivity index (χ0n) is 8.66. The number of halogens is 3. The maximum absolute atomic E-state index is 13.6. The van der Waals surface area contributed by atoms with Crippen LogP contribution in [0.3, 0.4) is 0 Å². The van der Waals surface area contributed by atoms with Crippen molar-refractivity contribution in [2.45, 2.75) is 12.5 Å². The van der Waals surface area contributed by atoms with E-state index >= 15 is 0 Å². The van der Waals surface area contributed by atoms with Crippen LogP contribution in [-0.2, 0) is 6.42 Å². The van der Waals surface area contributed by atoms with E-state index in [2.05, 4.69) is 15.9 Å². The van der Waals surface area contributed by atoms with Gasteiger partial charge in [-0.3, -0.25) is 0 Å². The second-order valence-corrected chi connectivity index (χ2v) is 6.31. The van der Waals surface area contributed by atoms with Gasteiger partial charge in [-0.1, -0.05) is 23.7 Å². The van der Waals surface area contributed by atoms with E-state index in [0.29, 0.717) is 5.56 Å². The van der Waals surface area contributed by atoms with Crippen LogP contribution in [0.4, 0.5) is 4.39 Å². The van der Waals surface area contributed by atoms with Crippen LogP contribution in [0, 0.1) is 5.82 Å². The summed E-state index contributed by atoms with van der Waals surface area (Å²) in [5.74, 6) is -0.456. The van der Waals surface area contributed by atoms with Crippen molar-refractivity contribution in [2.24, 2.45) is 0 Å². The summed E-state index contributed by atoms with van der Waals surface area (Å²) in [6.07, 6.45) is -0.499. The molecule has 0 bridgehead atoms. The molecule has 1 aromatic carbocycles. The average Bonchev–Trinajstić information content (AvgIpc) is 2.72. The lowest BCUT2D eigenvalue weighted by Gasteiger charge is -2.10. The predicted octanol–water partition coefficient (Wildman–Crippen LogP) is 4.58. The van der Waals surface area contributed by atoms with Crippen LogP contribution in [0.2, 0.25) is 5.02 Å². The molecule has 2 rings (SSSR count). The van der Waals surface area contributed by atoms with E-state index in [1.54, 1.807) is 12.1 Å². The van der Waals surface area contributed by atoms with Crippen molar-refractivity contribution in [3.8, 4) is 0 Å². The highest BCUT2D eigenvalue weighted by Crippen LogP contribution is 2.28. The Morgan fingerprint density at radius 2 is 2.24 bits per heavy atom. The lowest BCUT2D eigenvalue weighted by Crippen LogP contribution is -2.02. The van der Waals surface area contributed by atoms with Crippen LogP contribution in [0.1, 0.15) is 17.2 Å². The van der Waals surface area contributed by atoms with E-state index in [9.17, 15) is 9.50 Å². The number of thiophene rings is 1. The van der Waals surface area contributed by atoms with Gasteiger partial charge in [0.05, 0.1) is 14.9 Å². The van der Waals surface area contributed by atoms with Crippen LogP contribution < -0.4 is 0 Å². The molecule has 0 amide bonds. The van der Waals surface area contributed by atoms with E-state index in [1.807, 2.05) is 11.4 Å². The minimum atomic E-state index is -0.717. The topological polar surface area (TPSA) is 20.2 Å².